The van der Waals surface area contributed by atoms with E-state index in [-0.39, 0.29) is 0 Å². The number of thioether (sulfide) groups is 1. The molecule has 1 aliphatic rings. The van der Waals surface area contributed by atoms with E-state index < -0.39 is 6.10 Å². The maximum absolute atomic E-state index is 10.1. The second-order valence-electron chi connectivity index (χ2n) is 7.66. The minimum absolute atomic E-state index is 0.322. The molecule has 9 heteroatoms. The lowest BCUT2D eigenvalue weighted by molar-refractivity contribution is 0.141. The van der Waals surface area contributed by atoms with Gasteiger partial charge in [0.05, 0.1) is 18.3 Å². The fourth-order valence-electron chi connectivity index (χ4n) is 3.61. The second kappa shape index (κ2) is 11.0. The summed E-state index contributed by atoms with van der Waals surface area (Å²) in [5.74, 6) is 1.73. The number of aromatic nitrogens is 2. The van der Waals surface area contributed by atoms with Crippen LogP contribution in [-0.4, -0.2) is 54.6 Å². The number of rotatable bonds is 9. The topological polar surface area (TPSA) is 115 Å². The van der Waals surface area contributed by atoms with Crippen molar-refractivity contribution in [1.82, 2.24) is 9.97 Å². The van der Waals surface area contributed by atoms with E-state index in [4.69, 9.17) is 14.5 Å². The van der Waals surface area contributed by atoms with Crippen LogP contribution in [0.25, 0.3) is 11.1 Å². The molecule has 0 atom stereocenters. The molecule has 1 aliphatic heterocycles. The number of β-amino-alcohol motifs (C(OH)–C–C–N with tert-alkyl or cyclic N) is 1. The lowest BCUT2D eigenvalue weighted by Gasteiger charge is -2.37. The van der Waals surface area contributed by atoms with Gasteiger partial charge in [0.15, 0.2) is 0 Å². The largest absolute Gasteiger partial charge is 0.491 e. The Labute approximate surface area is 202 Å². The normalized spacial score (nSPS) is 13.1. The molecule has 1 saturated heterocycles. The van der Waals surface area contributed by atoms with Crippen LogP contribution in [0, 0.1) is 22.7 Å². The monoisotopic (exact) mass is 473 g/mol. The number of aliphatic hydroxyl groups excluding tert-OH is 1. The van der Waals surface area contributed by atoms with Gasteiger partial charge < -0.3 is 19.5 Å². The average molecular weight is 474 g/mol. The standard InChI is InChI=1S/C25H23N5O3S/c1-32-9-10-33-20-6-4-18(5-7-20)23-21(11-26)24(30-14-19(31)15-30)29-25(22(23)12-27)34-16-17-3-2-8-28-13-17/h2-8,13,19,31H,9-10,14-16H2,1H3. The summed E-state index contributed by atoms with van der Waals surface area (Å²) in [6, 6.07) is 15.6. The minimum Gasteiger partial charge on any atom is -0.491 e. The van der Waals surface area contributed by atoms with Gasteiger partial charge in [0.25, 0.3) is 0 Å². The Balaban J connectivity index is 1.76. The number of aliphatic hydroxyl groups is 1. The Morgan fingerprint density at radius 1 is 1.12 bits per heavy atom. The molecule has 0 radical (unpaired) electrons. The fraction of sp³-hybridized carbons (Fsp3) is 0.280. The van der Waals surface area contributed by atoms with Crippen molar-refractivity contribution in [3.63, 3.8) is 0 Å². The first kappa shape index (κ1) is 23.5. The van der Waals surface area contributed by atoms with Gasteiger partial charge in [-0.3, -0.25) is 4.98 Å². The van der Waals surface area contributed by atoms with Gasteiger partial charge >= 0.3 is 0 Å². The zero-order valence-corrected chi connectivity index (χ0v) is 19.5. The van der Waals surface area contributed by atoms with Gasteiger partial charge in [-0.2, -0.15) is 10.5 Å². The Kier molecular flexibility index (Phi) is 7.61. The van der Waals surface area contributed by atoms with Crippen molar-refractivity contribution in [1.29, 1.82) is 10.5 Å². The van der Waals surface area contributed by atoms with Crippen LogP contribution in [0.2, 0.25) is 0 Å². The fourth-order valence-corrected chi connectivity index (χ4v) is 4.52. The Bertz CT molecular complexity index is 1220. The molecule has 3 heterocycles. The van der Waals surface area contributed by atoms with Crippen LogP contribution in [0.4, 0.5) is 5.82 Å². The maximum Gasteiger partial charge on any atom is 0.148 e. The van der Waals surface area contributed by atoms with Crippen molar-refractivity contribution < 1.29 is 14.6 Å². The molecule has 3 aromatic rings. The summed E-state index contributed by atoms with van der Waals surface area (Å²) in [6.45, 7) is 1.69. The van der Waals surface area contributed by atoms with E-state index in [1.807, 2.05) is 41.3 Å². The smallest absolute Gasteiger partial charge is 0.148 e. The lowest BCUT2D eigenvalue weighted by Crippen LogP contribution is -2.51. The maximum atomic E-state index is 10.1. The first-order valence-electron chi connectivity index (χ1n) is 10.7. The van der Waals surface area contributed by atoms with Crippen molar-refractivity contribution in [2.45, 2.75) is 16.9 Å². The van der Waals surface area contributed by atoms with Crippen molar-refractivity contribution in [2.75, 3.05) is 38.3 Å². The van der Waals surface area contributed by atoms with Crippen molar-refractivity contribution in [3.05, 3.63) is 65.5 Å². The molecule has 2 aromatic heterocycles. The molecule has 8 nitrogen and oxygen atoms in total. The van der Waals surface area contributed by atoms with E-state index in [9.17, 15) is 15.6 Å². The summed E-state index contributed by atoms with van der Waals surface area (Å²) < 4.78 is 10.7. The summed E-state index contributed by atoms with van der Waals surface area (Å²) in [4.78, 5) is 10.7. The molecule has 4 rings (SSSR count). The lowest BCUT2D eigenvalue weighted by atomic mass is 9.95. The predicted octanol–water partition coefficient (Wildman–Crippen LogP) is 3.39. The number of hydrogen-bond acceptors (Lipinski definition) is 9. The summed E-state index contributed by atoms with van der Waals surface area (Å²) in [7, 11) is 1.61. The van der Waals surface area contributed by atoms with E-state index in [1.165, 1.54) is 11.8 Å². The van der Waals surface area contributed by atoms with Gasteiger partial charge in [0.1, 0.15) is 40.9 Å². The number of nitrogens with zero attached hydrogens (tertiary/aromatic N) is 5. The SMILES string of the molecule is COCCOc1ccc(-c2c(C#N)c(SCc3cccnc3)nc(N3CC(O)C3)c2C#N)cc1. The Morgan fingerprint density at radius 2 is 1.88 bits per heavy atom. The second-order valence-corrected chi connectivity index (χ2v) is 8.63. The van der Waals surface area contributed by atoms with Crippen LogP contribution in [0.3, 0.4) is 0 Å². The van der Waals surface area contributed by atoms with Crippen LogP contribution >= 0.6 is 11.8 Å². The van der Waals surface area contributed by atoms with Gasteiger partial charge in [-0.05, 0) is 29.3 Å². The Morgan fingerprint density at radius 3 is 2.50 bits per heavy atom. The molecular weight excluding hydrogens is 450 g/mol. The highest BCUT2D eigenvalue weighted by molar-refractivity contribution is 7.98. The third-order valence-electron chi connectivity index (χ3n) is 5.33. The first-order valence-corrected chi connectivity index (χ1v) is 11.7. The molecule has 1 fully saturated rings. The zero-order chi connectivity index (χ0) is 23.9. The number of anilines is 1. The van der Waals surface area contributed by atoms with Crippen LogP contribution in [0.5, 0.6) is 5.75 Å². The molecule has 0 saturated carbocycles. The highest BCUT2D eigenvalue weighted by Gasteiger charge is 2.31. The number of benzene rings is 1. The molecule has 172 valence electrons. The molecule has 0 unspecified atom stereocenters. The third kappa shape index (κ3) is 5.13. The summed E-state index contributed by atoms with van der Waals surface area (Å²) >= 11 is 1.43. The van der Waals surface area contributed by atoms with Crippen LogP contribution in [0.15, 0.2) is 53.8 Å². The Hall–Kier alpha value is -3.63. The van der Waals surface area contributed by atoms with Crippen molar-refractivity contribution >= 4 is 17.6 Å². The number of ether oxygens (including phenoxy) is 2. The van der Waals surface area contributed by atoms with E-state index >= 15 is 0 Å². The van der Waals surface area contributed by atoms with Crippen LogP contribution in [-0.2, 0) is 10.5 Å². The summed E-state index contributed by atoms with van der Waals surface area (Å²) in [6.07, 6.45) is 3.03. The summed E-state index contributed by atoms with van der Waals surface area (Å²) in [5.41, 5.74) is 2.93. The van der Waals surface area contributed by atoms with Gasteiger partial charge in [-0.15, -0.1) is 11.8 Å². The third-order valence-corrected chi connectivity index (χ3v) is 6.37. The zero-order valence-electron chi connectivity index (χ0n) is 18.6. The highest BCUT2D eigenvalue weighted by atomic mass is 32.2. The number of hydrogen-bond donors (Lipinski definition) is 1. The quantitative estimate of drug-likeness (QED) is 0.369. The van der Waals surface area contributed by atoms with Gasteiger partial charge in [0, 0.05) is 43.9 Å². The van der Waals surface area contributed by atoms with Gasteiger partial charge in [-0.1, -0.05) is 18.2 Å². The van der Waals surface area contributed by atoms with Crippen molar-refractivity contribution in [2.24, 2.45) is 0 Å². The van der Waals surface area contributed by atoms with E-state index in [1.54, 1.807) is 19.5 Å². The molecule has 0 spiro atoms. The molecule has 34 heavy (non-hydrogen) atoms. The van der Waals surface area contributed by atoms with Crippen LogP contribution < -0.4 is 9.64 Å². The van der Waals surface area contributed by atoms with E-state index in [0.29, 0.717) is 65.3 Å². The molecule has 1 aromatic carbocycles. The molecule has 0 amide bonds. The number of methoxy groups -OCH3 is 1. The number of nitriles is 2. The van der Waals surface area contributed by atoms with Gasteiger partial charge in [-0.25, -0.2) is 4.98 Å². The van der Waals surface area contributed by atoms with Crippen LogP contribution in [0.1, 0.15) is 16.7 Å². The molecule has 0 aliphatic carbocycles. The highest BCUT2D eigenvalue weighted by Crippen LogP contribution is 2.40. The van der Waals surface area contributed by atoms with E-state index in [0.717, 1.165) is 11.1 Å². The molecule has 1 N–H and O–H groups in total. The summed E-state index contributed by atoms with van der Waals surface area (Å²) in [5, 5.41) is 30.5. The van der Waals surface area contributed by atoms with Gasteiger partial charge in [0.2, 0.25) is 0 Å². The van der Waals surface area contributed by atoms with Crippen molar-refractivity contribution in [3.8, 4) is 29.0 Å². The average Bonchev–Trinajstić information content (AvgIpc) is 2.86. The first-order chi connectivity index (χ1) is 16.6. The number of pyridine rings is 2. The predicted molar refractivity (Wildman–Crippen MR) is 128 cm³/mol. The molecule has 0 bridgehead atoms. The van der Waals surface area contributed by atoms with E-state index in [2.05, 4.69) is 17.1 Å². The minimum atomic E-state index is -0.456. The molecular formula is C25H23N5O3S.